The van der Waals surface area contributed by atoms with Crippen molar-refractivity contribution in [1.29, 1.82) is 0 Å². The summed E-state index contributed by atoms with van der Waals surface area (Å²) in [6.45, 7) is 0.614. The van der Waals surface area contributed by atoms with Crippen molar-refractivity contribution in [3.8, 4) is 0 Å². The van der Waals surface area contributed by atoms with Crippen LogP contribution in [0.5, 0.6) is 0 Å². The zero-order chi connectivity index (χ0) is 14.7. The largest absolute Gasteiger partial charge is 0.395 e. The van der Waals surface area contributed by atoms with Crippen LogP contribution < -0.4 is 0 Å². The van der Waals surface area contributed by atoms with Gasteiger partial charge in [-0.25, -0.2) is 4.98 Å². The van der Waals surface area contributed by atoms with Gasteiger partial charge in [-0.3, -0.25) is 0 Å². The lowest BCUT2D eigenvalue weighted by atomic mass is 10.3. The van der Waals surface area contributed by atoms with Gasteiger partial charge < -0.3 is 9.67 Å². The minimum absolute atomic E-state index is 0.0843. The van der Waals surface area contributed by atoms with Gasteiger partial charge in [-0.1, -0.05) is 29.8 Å². The van der Waals surface area contributed by atoms with Gasteiger partial charge in [0, 0.05) is 16.5 Å². The van der Waals surface area contributed by atoms with Crippen LogP contribution in [-0.2, 0) is 12.3 Å². The Morgan fingerprint density at radius 3 is 2.71 bits per heavy atom. The molecule has 0 saturated carbocycles. The Kier molecular flexibility index (Phi) is 4.48. The first-order valence-electron chi connectivity index (χ1n) is 6.71. The summed E-state index contributed by atoms with van der Waals surface area (Å²) in [5, 5.41) is 9.97. The summed E-state index contributed by atoms with van der Waals surface area (Å²) in [7, 11) is 0. The lowest BCUT2D eigenvalue weighted by Gasteiger charge is -2.07. The van der Waals surface area contributed by atoms with Gasteiger partial charge >= 0.3 is 0 Å². The predicted molar refractivity (Wildman–Crippen MR) is 87.8 cm³/mol. The molecule has 0 aliphatic heterocycles. The van der Waals surface area contributed by atoms with Gasteiger partial charge in [0.2, 0.25) is 0 Å². The summed E-state index contributed by atoms with van der Waals surface area (Å²) in [6, 6.07) is 15.9. The van der Waals surface area contributed by atoms with Crippen LogP contribution in [0.4, 0.5) is 0 Å². The van der Waals surface area contributed by atoms with Crippen LogP contribution in [0, 0.1) is 0 Å². The SMILES string of the molecule is OCCn1c(CSc2ccccc2)nc2ccc(Cl)cc21. The topological polar surface area (TPSA) is 38.0 Å². The van der Waals surface area contributed by atoms with Crippen molar-refractivity contribution in [3.05, 3.63) is 59.4 Å². The number of rotatable bonds is 5. The van der Waals surface area contributed by atoms with Crippen molar-refractivity contribution >= 4 is 34.4 Å². The first-order valence-corrected chi connectivity index (χ1v) is 8.07. The van der Waals surface area contributed by atoms with E-state index < -0.39 is 0 Å². The number of aromatic nitrogens is 2. The third kappa shape index (κ3) is 3.23. The molecule has 0 atom stereocenters. The molecule has 5 heteroatoms. The van der Waals surface area contributed by atoms with E-state index in [1.54, 1.807) is 11.8 Å². The third-order valence-corrected chi connectivity index (χ3v) is 4.47. The molecular weight excluding hydrogens is 304 g/mol. The van der Waals surface area contributed by atoms with Gasteiger partial charge in [0.25, 0.3) is 0 Å². The van der Waals surface area contributed by atoms with Gasteiger partial charge in [-0.05, 0) is 30.3 Å². The van der Waals surface area contributed by atoms with Crippen LogP contribution in [-0.4, -0.2) is 21.3 Å². The number of benzene rings is 2. The fraction of sp³-hybridized carbons (Fsp3) is 0.188. The first-order chi connectivity index (χ1) is 10.3. The maximum atomic E-state index is 9.29. The number of hydrogen-bond donors (Lipinski definition) is 1. The van der Waals surface area contributed by atoms with E-state index in [0.29, 0.717) is 11.6 Å². The fourth-order valence-corrected chi connectivity index (χ4v) is 3.30. The second-order valence-electron chi connectivity index (χ2n) is 4.64. The monoisotopic (exact) mass is 318 g/mol. The summed E-state index contributed by atoms with van der Waals surface area (Å²) in [6.07, 6.45) is 0. The van der Waals surface area contributed by atoms with Crippen molar-refractivity contribution in [3.63, 3.8) is 0 Å². The Bertz CT molecular complexity index is 743. The standard InChI is InChI=1S/C16H15ClN2OS/c17-12-6-7-14-15(10-12)19(8-9-20)16(18-14)11-21-13-4-2-1-3-5-13/h1-7,10,20H,8-9,11H2. The molecule has 0 fully saturated rings. The highest BCUT2D eigenvalue weighted by atomic mass is 35.5. The van der Waals surface area contributed by atoms with Crippen molar-refractivity contribution in [2.24, 2.45) is 0 Å². The predicted octanol–water partition coefficient (Wildman–Crippen LogP) is 3.97. The van der Waals surface area contributed by atoms with Crippen molar-refractivity contribution in [2.45, 2.75) is 17.2 Å². The second kappa shape index (κ2) is 6.52. The van der Waals surface area contributed by atoms with Crippen LogP contribution in [0.3, 0.4) is 0 Å². The molecule has 3 rings (SSSR count). The first kappa shape index (κ1) is 14.4. The minimum atomic E-state index is 0.0843. The molecule has 0 aliphatic carbocycles. The van der Waals surface area contributed by atoms with Crippen molar-refractivity contribution < 1.29 is 5.11 Å². The highest BCUT2D eigenvalue weighted by Gasteiger charge is 2.11. The smallest absolute Gasteiger partial charge is 0.120 e. The van der Waals surface area contributed by atoms with Crippen LogP contribution in [0.25, 0.3) is 11.0 Å². The molecule has 0 aliphatic rings. The summed E-state index contributed by atoms with van der Waals surface area (Å²) in [5.74, 6) is 1.71. The summed E-state index contributed by atoms with van der Waals surface area (Å²) < 4.78 is 2.04. The number of halogens is 1. The van der Waals surface area contributed by atoms with E-state index in [4.69, 9.17) is 11.6 Å². The zero-order valence-electron chi connectivity index (χ0n) is 11.4. The van der Waals surface area contributed by atoms with E-state index >= 15 is 0 Å². The molecule has 1 aromatic heterocycles. The van der Waals surface area contributed by atoms with Crippen LogP contribution in [0.15, 0.2) is 53.4 Å². The number of aliphatic hydroxyl groups is 1. The Morgan fingerprint density at radius 2 is 1.95 bits per heavy atom. The molecule has 108 valence electrons. The Hall–Kier alpha value is -1.49. The summed E-state index contributed by atoms with van der Waals surface area (Å²) >= 11 is 7.80. The summed E-state index contributed by atoms with van der Waals surface area (Å²) in [4.78, 5) is 5.87. The number of aliphatic hydroxyl groups excluding tert-OH is 1. The lowest BCUT2D eigenvalue weighted by molar-refractivity contribution is 0.276. The Balaban J connectivity index is 1.91. The van der Waals surface area contributed by atoms with Crippen molar-refractivity contribution in [2.75, 3.05) is 6.61 Å². The highest BCUT2D eigenvalue weighted by molar-refractivity contribution is 7.98. The lowest BCUT2D eigenvalue weighted by Crippen LogP contribution is -2.06. The minimum Gasteiger partial charge on any atom is -0.395 e. The van der Waals surface area contributed by atoms with Crippen LogP contribution in [0.1, 0.15) is 5.82 Å². The average Bonchev–Trinajstić information content (AvgIpc) is 2.84. The fourth-order valence-electron chi connectivity index (χ4n) is 2.27. The van der Waals surface area contributed by atoms with E-state index in [1.165, 1.54) is 4.90 Å². The quantitative estimate of drug-likeness (QED) is 0.723. The highest BCUT2D eigenvalue weighted by Crippen LogP contribution is 2.26. The zero-order valence-corrected chi connectivity index (χ0v) is 12.9. The molecule has 21 heavy (non-hydrogen) atoms. The van der Waals surface area contributed by atoms with E-state index in [2.05, 4.69) is 17.1 Å². The molecular formula is C16H15ClN2OS. The van der Waals surface area contributed by atoms with Crippen LogP contribution >= 0.6 is 23.4 Å². The van der Waals surface area contributed by atoms with E-state index in [1.807, 2.05) is 41.0 Å². The molecule has 3 nitrogen and oxygen atoms in total. The molecule has 0 bridgehead atoms. The number of fused-ring (bicyclic) bond motifs is 1. The third-order valence-electron chi connectivity index (χ3n) is 3.22. The van der Waals surface area contributed by atoms with Crippen molar-refractivity contribution in [1.82, 2.24) is 9.55 Å². The van der Waals surface area contributed by atoms with E-state index in [-0.39, 0.29) is 6.61 Å². The molecule has 0 saturated heterocycles. The Morgan fingerprint density at radius 1 is 1.14 bits per heavy atom. The maximum Gasteiger partial charge on any atom is 0.120 e. The average molecular weight is 319 g/mol. The second-order valence-corrected chi connectivity index (χ2v) is 6.12. The van der Waals surface area contributed by atoms with Gasteiger partial charge in [0.1, 0.15) is 5.82 Å². The molecule has 1 heterocycles. The molecule has 1 N–H and O–H groups in total. The van der Waals surface area contributed by atoms with Gasteiger partial charge in [0.15, 0.2) is 0 Å². The van der Waals surface area contributed by atoms with Gasteiger partial charge in [0.05, 0.1) is 23.4 Å². The molecule has 2 aromatic carbocycles. The molecule has 0 radical (unpaired) electrons. The number of nitrogens with zero attached hydrogens (tertiary/aromatic N) is 2. The summed E-state index contributed by atoms with van der Waals surface area (Å²) in [5.41, 5.74) is 1.89. The number of imidazole rings is 1. The molecule has 0 spiro atoms. The van der Waals surface area contributed by atoms with E-state index in [0.717, 1.165) is 22.6 Å². The number of thioether (sulfide) groups is 1. The maximum absolute atomic E-state index is 9.29. The van der Waals surface area contributed by atoms with E-state index in [9.17, 15) is 5.11 Å². The molecule has 0 amide bonds. The molecule has 0 unspecified atom stereocenters. The van der Waals surface area contributed by atoms with Gasteiger partial charge in [-0.15, -0.1) is 11.8 Å². The van der Waals surface area contributed by atoms with Gasteiger partial charge in [-0.2, -0.15) is 0 Å². The van der Waals surface area contributed by atoms with Crippen LogP contribution in [0.2, 0.25) is 5.02 Å². The normalized spacial score (nSPS) is 11.1. The number of hydrogen-bond acceptors (Lipinski definition) is 3. The molecule has 3 aromatic rings. The Labute approximate surface area is 132 Å².